The van der Waals surface area contributed by atoms with E-state index < -0.39 is 0 Å². The summed E-state index contributed by atoms with van der Waals surface area (Å²) in [4.78, 5) is 0. The summed E-state index contributed by atoms with van der Waals surface area (Å²) >= 11 is 0. The Bertz CT molecular complexity index is 206. The summed E-state index contributed by atoms with van der Waals surface area (Å²) in [7, 11) is 0. The van der Waals surface area contributed by atoms with Crippen LogP contribution < -0.4 is 10.6 Å². The van der Waals surface area contributed by atoms with E-state index in [2.05, 4.69) is 31.4 Å². The fraction of sp³-hybridized carbons (Fsp3) is 1.00. The minimum Gasteiger partial charge on any atom is -0.369 e. The normalized spacial score (nSPS) is 31.5. The Morgan fingerprint density at radius 1 is 1.36 bits per heavy atom. The van der Waals surface area contributed by atoms with Gasteiger partial charge in [0.1, 0.15) is 5.60 Å². The highest BCUT2D eigenvalue weighted by Gasteiger charge is 2.47. The second-order valence-electron chi connectivity index (χ2n) is 5.79. The molecule has 0 saturated carbocycles. The summed E-state index contributed by atoms with van der Waals surface area (Å²) in [5.74, 6) is 0. The molecule has 2 heterocycles. The molecular formula is C11H22N2O. The van der Waals surface area contributed by atoms with E-state index in [1.807, 2.05) is 0 Å². The van der Waals surface area contributed by atoms with E-state index in [-0.39, 0.29) is 5.60 Å². The summed E-state index contributed by atoms with van der Waals surface area (Å²) in [6, 6.07) is 0.525. The zero-order chi connectivity index (χ0) is 10.2. The van der Waals surface area contributed by atoms with Crippen molar-refractivity contribution < 1.29 is 4.74 Å². The standard InChI is InChI=1S/C11H22N2O/c1-10(2,3)6-9-11(7-12-8-11)14-5-4-13-9/h9,12-13H,4-8H2,1-3H3. The first-order chi connectivity index (χ1) is 6.52. The molecule has 2 aliphatic heterocycles. The van der Waals surface area contributed by atoms with Crippen molar-refractivity contribution in [1.82, 2.24) is 10.6 Å². The van der Waals surface area contributed by atoms with Gasteiger partial charge in [0.15, 0.2) is 0 Å². The van der Waals surface area contributed by atoms with Gasteiger partial charge < -0.3 is 15.4 Å². The monoisotopic (exact) mass is 198 g/mol. The zero-order valence-electron chi connectivity index (χ0n) is 9.52. The van der Waals surface area contributed by atoms with Crippen LogP contribution in [0.3, 0.4) is 0 Å². The van der Waals surface area contributed by atoms with Crippen LogP contribution in [0.1, 0.15) is 27.2 Å². The minimum absolute atomic E-state index is 0.103. The smallest absolute Gasteiger partial charge is 0.108 e. The topological polar surface area (TPSA) is 33.3 Å². The molecule has 0 amide bonds. The van der Waals surface area contributed by atoms with Gasteiger partial charge in [-0.2, -0.15) is 0 Å². The molecular weight excluding hydrogens is 176 g/mol. The molecule has 14 heavy (non-hydrogen) atoms. The van der Waals surface area contributed by atoms with E-state index in [9.17, 15) is 0 Å². The molecule has 2 aliphatic rings. The molecule has 2 saturated heterocycles. The first kappa shape index (κ1) is 10.4. The van der Waals surface area contributed by atoms with Gasteiger partial charge in [-0.15, -0.1) is 0 Å². The van der Waals surface area contributed by atoms with Gasteiger partial charge in [0, 0.05) is 25.7 Å². The van der Waals surface area contributed by atoms with Crippen molar-refractivity contribution in [3.8, 4) is 0 Å². The molecule has 0 bridgehead atoms. The van der Waals surface area contributed by atoms with Gasteiger partial charge in [0.25, 0.3) is 0 Å². The summed E-state index contributed by atoms with van der Waals surface area (Å²) in [6.07, 6.45) is 1.19. The maximum Gasteiger partial charge on any atom is 0.108 e. The van der Waals surface area contributed by atoms with Crippen LogP contribution in [0.4, 0.5) is 0 Å². The van der Waals surface area contributed by atoms with Gasteiger partial charge in [0.05, 0.1) is 6.61 Å². The third-order valence-electron chi connectivity index (χ3n) is 3.18. The second kappa shape index (κ2) is 3.47. The molecule has 3 nitrogen and oxygen atoms in total. The van der Waals surface area contributed by atoms with Gasteiger partial charge >= 0.3 is 0 Å². The Morgan fingerprint density at radius 3 is 2.57 bits per heavy atom. The minimum atomic E-state index is 0.103. The van der Waals surface area contributed by atoms with Crippen molar-refractivity contribution >= 4 is 0 Å². The lowest BCUT2D eigenvalue weighted by molar-refractivity contribution is -0.133. The Hall–Kier alpha value is -0.120. The van der Waals surface area contributed by atoms with Gasteiger partial charge in [-0.3, -0.25) is 0 Å². The van der Waals surface area contributed by atoms with E-state index in [1.54, 1.807) is 0 Å². The van der Waals surface area contributed by atoms with Crippen molar-refractivity contribution in [2.75, 3.05) is 26.2 Å². The summed E-state index contributed by atoms with van der Waals surface area (Å²) in [5.41, 5.74) is 0.479. The van der Waals surface area contributed by atoms with E-state index in [4.69, 9.17) is 4.74 Å². The number of morpholine rings is 1. The van der Waals surface area contributed by atoms with Crippen molar-refractivity contribution in [3.05, 3.63) is 0 Å². The van der Waals surface area contributed by atoms with Crippen LogP contribution in [0.15, 0.2) is 0 Å². The average molecular weight is 198 g/mol. The summed E-state index contributed by atoms with van der Waals surface area (Å²) in [6.45, 7) is 10.8. The number of ether oxygens (including phenoxy) is 1. The molecule has 2 N–H and O–H groups in total. The lowest BCUT2D eigenvalue weighted by Crippen LogP contribution is -2.73. The van der Waals surface area contributed by atoms with Crippen LogP contribution in [0.5, 0.6) is 0 Å². The highest BCUT2D eigenvalue weighted by molar-refractivity contribution is 5.06. The highest BCUT2D eigenvalue weighted by atomic mass is 16.5. The Labute approximate surface area is 86.6 Å². The maximum absolute atomic E-state index is 5.93. The third kappa shape index (κ3) is 1.95. The van der Waals surface area contributed by atoms with Crippen LogP contribution in [-0.4, -0.2) is 37.9 Å². The number of hydrogen-bond donors (Lipinski definition) is 2. The maximum atomic E-state index is 5.93. The number of nitrogens with one attached hydrogen (secondary N) is 2. The quantitative estimate of drug-likeness (QED) is 0.652. The van der Waals surface area contributed by atoms with Crippen LogP contribution >= 0.6 is 0 Å². The Kier molecular flexibility index (Phi) is 2.58. The van der Waals surface area contributed by atoms with E-state index in [0.717, 1.165) is 26.2 Å². The van der Waals surface area contributed by atoms with Crippen molar-refractivity contribution in [3.63, 3.8) is 0 Å². The van der Waals surface area contributed by atoms with Crippen LogP contribution in [-0.2, 0) is 4.74 Å². The predicted molar refractivity (Wildman–Crippen MR) is 57.4 cm³/mol. The predicted octanol–water partition coefficient (Wildman–Crippen LogP) is 0.753. The summed E-state index contributed by atoms with van der Waals surface area (Å²) in [5, 5.41) is 6.93. The lowest BCUT2D eigenvalue weighted by atomic mass is 9.77. The van der Waals surface area contributed by atoms with Crippen molar-refractivity contribution in [2.45, 2.75) is 38.8 Å². The molecule has 2 fully saturated rings. The molecule has 82 valence electrons. The Balaban J connectivity index is 2.00. The van der Waals surface area contributed by atoms with E-state index in [0.29, 0.717) is 11.5 Å². The first-order valence-corrected chi connectivity index (χ1v) is 5.60. The van der Waals surface area contributed by atoms with Gasteiger partial charge in [-0.05, 0) is 11.8 Å². The third-order valence-corrected chi connectivity index (χ3v) is 3.18. The van der Waals surface area contributed by atoms with E-state index >= 15 is 0 Å². The lowest BCUT2D eigenvalue weighted by Gasteiger charge is -2.52. The molecule has 0 aromatic carbocycles. The first-order valence-electron chi connectivity index (χ1n) is 5.60. The molecule has 0 aliphatic carbocycles. The highest BCUT2D eigenvalue weighted by Crippen LogP contribution is 2.32. The van der Waals surface area contributed by atoms with E-state index in [1.165, 1.54) is 6.42 Å². The molecule has 1 atom stereocenters. The van der Waals surface area contributed by atoms with Gasteiger partial charge in [-0.1, -0.05) is 20.8 Å². The Morgan fingerprint density at radius 2 is 2.07 bits per heavy atom. The van der Waals surface area contributed by atoms with Crippen molar-refractivity contribution in [1.29, 1.82) is 0 Å². The fourth-order valence-corrected chi connectivity index (χ4v) is 2.36. The number of rotatable bonds is 1. The zero-order valence-corrected chi connectivity index (χ0v) is 9.52. The molecule has 0 aromatic heterocycles. The van der Waals surface area contributed by atoms with Crippen LogP contribution in [0, 0.1) is 5.41 Å². The summed E-state index contributed by atoms with van der Waals surface area (Å²) < 4.78 is 5.93. The van der Waals surface area contributed by atoms with Crippen LogP contribution in [0.25, 0.3) is 0 Å². The van der Waals surface area contributed by atoms with Gasteiger partial charge in [0.2, 0.25) is 0 Å². The molecule has 2 rings (SSSR count). The largest absolute Gasteiger partial charge is 0.369 e. The number of hydrogen-bond acceptors (Lipinski definition) is 3. The SMILES string of the molecule is CC(C)(C)CC1NCCOC12CNC2. The molecule has 1 unspecified atom stereocenters. The molecule has 1 spiro atoms. The average Bonchev–Trinajstić information content (AvgIpc) is 1.99. The molecule has 0 radical (unpaired) electrons. The molecule has 3 heteroatoms. The van der Waals surface area contributed by atoms with Gasteiger partial charge in [-0.25, -0.2) is 0 Å². The van der Waals surface area contributed by atoms with Crippen molar-refractivity contribution in [2.24, 2.45) is 5.41 Å². The second-order valence-corrected chi connectivity index (χ2v) is 5.79. The van der Waals surface area contributed by atoms with Crippen LogP contribution in [0.2, 0.25) is 0 Å². The fourth-order valence-electron chi connectivity index (χ4n) is 2.36. The molecule has 0 aromatic rings.